The first-order valence-corrected chi connectivity index (χ1v) is 6.54. The largest absolute Gasteiger partial charge is 0.394 e. The Bertz CT molecular complexity index is 632. The lowest BCUT2D eigenvalue weighted by molar-refractivity contribution is 0.246. The van der Waals surface area contributed by atoms with Gasteiger partial charge in [-0.3, -0.25) is 0 Å². The van der Waals surface area contributed by atoms with Crippen LogP contribution in [0.15, 0.2) is 48.5 Å². The summed E-state index contributed by atoms with van der Waals surface area (Å²) in [4.78, 5) is 0. The van der Waals surface area contributed by atoms with Crippen LogP contribution in [-0.4, -0.2) is 22.2 Å². The number of fused-ring (bicyclic) bond motifs is 3. The Morgan fingerprint density at radius 2 is 1.44 bits per heavy atom. The quantitative estimate of drug-likeness (QED) is 0.715. The molecule has 0 fully saturated rings. The monoisotopic (exact) mass is 259 g/mol. The number of hydrogen-bond donors (Lipinski definition) is 1. The second kappa shape index (κ2) is 4.63. The third-order valence-corrected chi connectivity index (χ3v) is 3.73. The number of hydrogen-bond acceptors (Lipinski definition) is 1. The summed E-state index contributed by atoms with van der Waals surface area (Å²) < 4.78 is 2.14. The molecule has 0 saturated heterocycles. The Morgan fingerprint density at radius 3 is 1.89 bits per heavy atom. The molecule has 0 radical (unpaired) electrons. The van der Waals surface area contributed by atoms with Crippen LogP contribution in [0, 0.1) is 0 Å². The van der Waals surface area contributed by atoms with E-state index < -0.39 is 0 Å². The van der Waals surface area contributed by atoms with Crippen LogP contribution in [0.1, 0.15) is 6.04 Å². The number of rotatable bonds is 3. The first-order chi connectivity index (χ1) is 8.86. The van der Waals surface area contributed by atoms with Crippen LogP contribution in [0.25, 0.3) is 21.8 Å². The first kappa shape index (κ1) is 11.6. The summed E-state index contributed by atoms with van der Waals surface area (Å²) >= 11 is 5.98. The fourth-order valence-electron chi connectivity index (χ4n) is 2.55. The SMILES string of the molecule is OC[C@H](CCl)n1c2ccccc2c2ccccc21. The highest BCUT2D eigenvalue weighted by molar-refractivity contribution is 6.18. The van der Waals surface area contributed by atoms with E-state index in [2.05, 4.69) is 28.8 Å². The normalized spacial score (nSPS) is 13.2. The van der Waals surface area contributed by atoms with Crippen LogP contribution in [0.5, 0.6) is 0 Å². The van der Waals surface area contributed by atoms with Gasteiger partial charge in [-0.15, -0.1) is 11.6 Å². The van der Waals surface area contributed by atoms with Gasteiger partial charge in [-0.1, -0.05) is 36.4 Å². The summed E-state index contributed by atoms with van der Waals surface area (Å²) in [5.74, 6) is 0.402. The fourth-order valence-corrected chi connectivity index (χ4v) is 2.78. The van der Waals surface area contributed by atoms with Gasteiger partial charge >= 0.3 is 0 Å². The van der Waals surface area contributed by atoms with Crippen LogP contribution in [0.4, 0.5) is 0 Å². The summed E-state index contributed by atoms with van der Waals surface area (Å²) in [5.41, 5.74) is 2.25. The summed E-state index contributed by atoms with van der Waals surface area (Å²) in [7, 11) is 0. The zero-order chi connectivity index (χ0) is 12.5. The molecule has 0 aliphatic heterocycles. The van der Waals surface area contributed by atoms with E-state index in [1.54, 1.807) is 0 Å². The molecule has 0 saturated carbocycles. The molecule has 0 unspecified atom stereocenters. The zero-order valence-corrected chi connectivity index (χ0v) is 10.6. The molecule has 3 rings (SSSR count). The number of alkyl halides is 1. The van der Waals surface area contributed by atoms with Crippen molar-refractivity contribution in [3.8, 4) is 0 Å². The van der Waals surface area contributed by atoms with Crippen LogP contribution < -0.4 is 0 Å². The van der Waals surface area contributed by atoms with E-state index in [1.807, 2.05) is 24.3 Å². The second-order valence-electron chi connectivity index (χ2n) is 4.40. The summed E-state index contributed by atoms with van der Waals surface area (Å²) in [6.45, 7) is 0.0478. The average molecular weight is 260 g/mol. The predicted octanol–water partition coefficient (Wildman–Crippen LogP) is 3.57. The van der Waals surface area contributed by atoms with Crippen molar-refractivity contribution >= 4 is 33.4 Å². The van der Waals surface area contributed by atoms with Gasteiger partial charge in [-0.25, -0.2) is 0 Å². The highest BCUT2D eigenvalue weighted by atomic mass is 35.5. The maximum atomic E-state index is 9.51. The van der Waals surface area contributed by atoms with Gasteiger partial charge in [-0.05, 0) is 12.1 Å². The van der Waals surface area contributed by atoms with Crippen molar-refractivity contribution in [1.29, 1.82) is 0 Å². The Balaban J connectivity index is 2.45. The summed E-state index contributed by atoms with van der Waals surface area (Å²) in [6.07, 6.45) is 0. The molecule has 0 bridgehead atoms. The minimum absolute atomic E-state index is 0.0478. The van der Waals surface area contributed by atoms with Crippen molar-refractivity contribution in [2.45, 2.75) is 6.04 Å². The Kier molecular flexibility index (Phi) is 2.98. The van der Waals surface area contributed by atoms with E-state index in [0.29, 0.717) is 5.88 Å². The second-order valence-corrected chi connectivity index (χ2v) is 4.70. The topological polar surface area (TPSA) is 25.2 Å². The highest BCUT2D eigenvalue weighted by Crippen LogP contribution is 2.31. The molecule has 2 nitrogen and oxygen atoms in total. The molecular weight excluding hydrogens is 246 g/mol. The van der Waals surface area contributed by atoms with Crippen molar-refractivity contribution in [3.05, 3.63) is 48.5 Å². The first-order valence-electron chi connectivity index (χ1n) is 6.01. The molecule has 0 spiro atoms. The molecule has 1 heterocycles. The van der Waals surface area contributed by atoms with Gasteiger partial charge in [0.2, 0.25) is 0 Å². The van der Waals surface area contributed by atoms with Gasteiger partial charge in [0, 0.05) is 27.7 Å². The maximum Gasteiger partial charge on any atom is 0.0708 e. The van der Waals surface area contributed by atoms with Crippen molar-refractivity contribution < 1.29 is 5.11 Å². The predicted molar refractivity (Wildman–Crippen MR) is 76.3 cm³/mol. The molecule has 1 aromatic heterocycles. The Hall–Kier alpha value is -1.51. The third-order valence-electron chi connectivity index (χ3n) is 3.37. The summed E-state index contributed by atoms with van der Waals surface area (Å²) in [5, 5.41) is 11.9. The van der Waals surface area contributed by atoms with Gasteiger partial charge in [0.25, 0.3) is 0 Å². The number of para-hydroxylation sites is 2. The van der Waals surface area contributed by atoms with Gasteiger partial charge in [0.05, 0.1) is 12.6 Å². The molecule has 0 aliphatic carbocycles. The summed E-state index contributed by atoms with van der Waals surface area (Å²) in [6, 6.07) is 16.4. The van der Waals surface area contributed by atoms with Crippen molar-refractivity contribution in [1.82, 2.24) is 4.57 Å². The molecule has 0 amide bonds. The Labute approximate surface area is 110 Å². The molecule has 1 N–H and O–H groups in total. The van der Waals surface area contributed by atoms with Crippen molar-refractivity contribution in [3.63, 3.8) is 0 Å². The maximum absolute atomic E-state index is 9.51. The number of nitrogens with zero attached hydrogens (tertiary/aromatic N) is 1. The van der Waals surface area contributed by atoms with E-state index in [1.165, 1.54) is 10.8 Å². The van der Waals surface area contributed by atoms with Gasteiger partial charge in [0.15, 0.2) is 0 Å². The standard InChI is InChI=1S/C15H14ClNO/c16-9-11(10-18)17-14-7-3-1-5-12(14)13-6-2-4-8-15(13)17/h1-8,11,18H,9-10H2/t11-/m0/s1. The molecule has 0 aliphatic rings. The van der Waals surface area contributed by atoms with Gasteiger partial charge < -0.3 is 9.67 Å². The third kappa shape index (κ3) is 1.61. The number of aliphatic hydroxyl groups excluding tert-OH is 1. The van der Waals surface area contributed by atoms with Crippen LogP contribution in [0.3, 0.4) is 0 Å². The van der Waals surface area contributed by atoms with E-state index >= 15 is 0 Å². The van der Waals surface area contributed by atoms with Gasteiger partial charge in [0.1, 0.15) is 0 Å². The zero-order valence-electron chi connectivity index (χ0n) is 9.88. The molecule has 18 heavy (non-hydrogen) atoms. The Morgan fingerprint density at radius 1 is 0.944 bits per heavy atom. The average Bonchev–Trinajstić information content (AvgIpc) is 2.76. The van der Waals surface area contributed by atoms with Crippen LogP contribution in [-0.2, 0) is 0 Å². The van der Waals surface area contributed by atoms with E-state index in [4.69, 9.17) is 11.6 Å². The van der Waals surface area contributed by atoms with E-state index in [-0.39, 0.29) is 12.6 Å². The highest BCUT2D eigenvalue weighted by Gasteiger charge is 2.16. The molecule has 2 aromatic carbocycles. The van der Waals surface area contributed by atoms with Crippen LogP contribution in [0.2, 0.25) is 0 Å². The van der Waals surface area contributed by atoms with Crippen molar-refractivity contribution in [2.24, 2.45) is 0 Å². The fraction of sp³-hybridized carbons (Fsp3) is 0.200. The molecule has 3 heteroatoms. The lowest BCUT2D eigenvalue weighted by Gasteiger charge is -2.16. The number of benzene rings is 2. The van der Waals surface area contributed by atoms with Crippen molar-refractivity contribution in [2.75, 3.05) is 12.5 Å². The molecule has 1 atom stereocenters. The minimum atomic E-state index is -0.0866. The number of aliphatic hydroxyl groups is 1. The number of halogens is 1. The lowest BCUT2D eigenvalue weighted by atomic mass is 10.2. The molecule has 92 valence electrons. The van der Waals surface area contributed by atoms with Gasteiger partial charge in [-0.2, -0.15) is 0 Å². The van der Waals surface area contributed by atoms with E-state index in [0.717, 1.165) is 11.0 Å². The molecule has 3 aromatic rings. The van der Waals surface area contributed by atoms with Crippen LogP contribution >= 0.6 is 11.6 Å². The molecular formula is C15H14ClNO. The lowest BCUT2D eigenvalue weighted by Crippen LogP contribution is -2.14. The smallest absolute Gasteiger partial charge is 0.0708 e. The number of aromatic nitrogens is 1. The van der Waals surface area contributed by atoms with E-state index in [9.17, 15) is 5.11 Å². The minimum Gasteiger partial charge on any atom is -0.394 e.